The van der Waals surface area contributed by atoms with Crippen molar-refractivity contribution in [2.24, 2.45) is 0 Å². The van der Waals surface area contributed by atoms with E-state index in [-0.39, 0.29) is 5.82 Å². The third-order valence-electron chi connectivity index (χ3n) is 3.12. The third kappa shape index (κ3) is 3.04. The molecule has 0 saturated heterocycles. The van der Waals surface area contributed by atoms with Crippen LogP contribution in [0, 0.1) is 5.82 Å². The van der Waals surface area contributed by atoms with Crippen LogP contribution in [0.4, 0.5) is 4.39 Å². The van der Waals surface area contributed by atoms with E-state index in [9.17, 15) is 4.39 Å². The van der Waals surface area contributed by atoms with Crippen LogP contribution in [-0.4, -0.2) is 9.97 Å². The fraction of sp³-hybridized carbons (Fsp3) is 0.286. The average Bonchev–Trinajstić information content (AvgIpc) is 3.16. The molecule has 0 radical (unpaired) electrons. The van der Waals surface area contributed by atoms with Crippen LogP contribution in [0.3, 0.4) is 0 Å². The van der Waals surface area contributed by atoms with Gasteiger partial charge in [-0.1, -0.05) is 29.3 Å². The Labute approximate surface area is 120 Å². The first kappa shape index (κ1) is 12.8. The Hall–Kier alpha value is -1.19. The summed E-state index contributed by atoms with van der Waals surface area (Å²) in [5.74, 6) is 0.797. The van der Waals surface area contributed by atoms with Crippen molar-refractivity contribution >= 4 is 23.2 Å². The summed E-state index contributed by atoms with van der Waals surface area (Å²) in [5.41, 5.74) is 1.79. The minimum Gasteiger partial charge on any atom is -0.237 e. The zero-order valence-corrected chi connectivity index (χ0v) is 11.5. The van der Waals surface area contributed by atoms with E-state index in [1.54, 1.807) is 6.07 Å². The summed E-state index contributed by atoms with van der Waals surface area (Å²) in [7, 11) is 0. The van der Waals surface area contributed by atoms with Gasteiger partial charge in [-0.2, -0.15) is 0 Å². The van der Waals surface area contributed by atoms with Gasteiger partial charge in [0.25, 0.3) is 0 Å². The van der Waals surface area contributed by atoms with Crippen LogP contribution in [0.2, 0.25) is 10.2 Å². The van der Waals surface area contributed by atoms with Gasteiger partial charge in [0.1, 0.15) is 16.8 Å². The highest BCUT2D eigenvalue weighted by atomic mass is 35.5. The molecule has 1 aliphatic rings. The van der Waals surface area contributed by atoms with E-state index in [0.717, 1.165) is 24.1 Å². The van der Waals surface area contributed by atoms with Crippen LogP contribution in [0.25, 0.3) is 0 Å². The SMILES string of the molecule is Fc1ccc(Cc2nc(Cl)cc(C3CC3)n2)c(Cl)c1. The topological polar surface area (TPSA) is 25.8 Å². The Kier molecular flexibility index (Phi) is 3.42. The molecule has 2 nitrogen and oxygen atoms in total. The summed E-state index contributed by atoms with van der Waals surface area (Å²) in [4.78, 5) is 8.71. The van der Waals surface area contributed by atoms with Crippen molar-refractivity contribution in [3.8, 4) is 0 Å². The van der Waals surface area contributed by atoms with Gasteiger partial charge in [0, 0.05) is 23.1 Å². The first-order chi connectivity index (χ1) is 9.11. The van der Waals surface area contributed by atoms with Crippen molar-refractivity contribution in [1.29, 1.82) is 0 Å². The summed E-state index contributed by atoms with van der Waals surface area (Å²) in [6, 6.07) is 6.14. The molecule has 0 atom stereocenters. The summed E-state index contributed by atoms with van der Waals surface area (Å²) in [6.45, 7) is 0. The van der Waals surface area contributed by atoms with Crippen LogP contribution in [0.15, 0.2) is 24.3 Å². The Balaban J connectivity index is 1.89. The van der Waals surface area contributed by atoms with Crippen molar-refractivity contribution in [1.82, 2.24) is 9.97 Å². The highest BCUT2D eigenvalue weighted by molar-refractivity contribution is 6.31. The van der Waals surface area contributed by atoms with Gasteiger partial charge in [-0.05, 0) is 36.6 Å². The fourth-order valence-electron chi connectivity index (χ4n) is 1.99. The minimum absolute atomic E-state index is 0.348. The molecule has 0 bridgehead atoms. The number of aromatic nitrogens is 2. The molecule has 19 heavy (non-hydrogen) atoms. The van der Waals surface area contributed by atoms with E-state index in [1.165, 1.54) is 12.1 Å². The lowest BCUT2D eigenvalue weighted by Gasteiger charge is -2.06. The Bertz CT molecular complexity index is 627. The van der Waals surface area contributed by atoms with Gasteiger partial charge in [-0.15, -0.1) is 0 Å². The summed E-state index contributed by atoms with van der Waals surface area (Å²) < 4.78 is 13.0. The number of halogens is 3. The smallest absolute Gasteiger partial charge is 0.134 e. The molecule has 0 spiro atoms. The van der Waals surface area contributed by atoms with E-state index in [2.05, 4.69) is 9.97 Å². The molecule has 0 unspecified atom stereocenters. The van der Waals surface area contributed by atoms with Gasteiger partial charge in [0.15, 0.2) is 0 Å². The van der Waals surface area contributed by atoms with E-state index < -0.39 is 0 Å². The van der Waals surface area contributed by atoms with Gasteiger partial charge >= 0.3 is 0 Å². The normalized spacial score (nSPS) is 14.7. The molecule has 1 heterocycles. The summed E-state index contributed by atoms with van der Waals surface area (Å²) >= 11 is 12.0. The molecule has 5 heteroatoms. The molecular weight excluding hydrogens is 286 g/mol. The monoisotopic (exact) mass is 296 g/mol. The van der Waals surface area contributed by atoms with Gasteiger partial charge in [-0.3, -0.25) is 0 Å². The summed E-state index contributed by atoms with van der Waals surface area (Å²) in [6.07, 6.45) is 2.77. The van der Waals surface area contributed by atoms with Crippen LogP contribution < -0.4 is 0 Å². The van der Waals surface area contributed by atoms with Crippen LogP contribution >= 0.6 is 23.2 Å². The molecule has 0 amide bonds. The molecule has 0 aliphatic heterocycles. The van der Waals surface area contributed by atoms with E-state index >= 15 is 0 Å². The number of hydrogen-bond acceptors (Lipinski definition) is 2. The number of hydrogen-bond donors (Lipinski definition) is 0. The maximum Gasteiger partial charge on any atom is 0.134 e. The van der Waals surface area contributed by atoms with Crippen LogP contribution in [-0.2, 0) is 6.42 Å². The average molecular weight is 297 g/mol. The minimum atomic E-state index is -0.348. The number of benzene rings is 1. The lowest BCUT2D eigenvalue weighted by molar-refractivity contribution is 0.627. The first-order valence-electron chi connectivity index (χ1n) is 6.09. The molecule has 98 valence electrons. The van der Waals surface area contributed by atoms with E-state index in [4.69, 9.17) is 23.2 Å². The number of nitrogens with zero attached hydrogens (tertiary/aromatic N) is 2. The molecule has 1 aromatic heterocycles. The van der Waals surface area contributed by atoms with Gasteiger partial charge in [-0.25, -0.2) is 14.4 Å². The van der Waals surface area contributed by atoms with Crippen molar-refractivity contribution in [3.05, 3.63) is 57.3 Å². The largest absolute Gasteiger partial charge is 0.237 e. The fourth-order valence-corrected chi connectivity index (χ4v) is 2.43. The Morgan fingerprint density at radius 1 is 1.16 bits per heavy atom. The van der Waals surface area contributed by atoms with Crippen molar-refractivity contribution < 1.29 is 4.39 Å². The second-order valence-electron chi connectivity index (χ2n) is 4.72. The van der Waals surface area contributed by atoms with Crippen molar-refractivity contribution in [2.75, 3.05) is 0 Å². The highest BCUT2D eigenvalue weighted by Gasteiger charge is 2.26. The standard InChI is InChI=1S/C14H11Cl2FN2/c15-11-6-10(17)4-3-9(11)5-14-18-12(8-1-2-8)7-13(16)19-14/h3-4,6-8H,1-2,5H2. The lowest BCUT2D eigenvalue weighted by Crippen LogP contribution is -2.01. The zero-order chi connectivity index (χ0) is 13.4. The van der Waals surface area contributed by atoms with Crippen molar-refractivity contribution in [3.63, 3.8) is 0 Å². The molecule has 1 saturated carbocycles. The number of rotatable bonds is 3. The molecule has 1 fully saturated rings. The van der Waals surface area contributed by atoms with Crippen LogP contribution in [0.5, 0.6) is 0 Å². The Morgan fingerprint density at radius 2 is 1.95 bits per heavy atom. The predicted octanol–water partition coefficient (Wildman–Crippen LogP) is 4.39. The first-order valence-corrected chi connectivity index (χ1v) is 6.84. The maximum atomic E-state index is 13.0. The highest BCUT2D eigenvalue weighted by Crippen LogP contribution is 2.39. The quantitative estimate of drug-likeness (QED) is 0.785. The van der Waals surface area contributed by atoms with E-state index in [1.807, 2.05) is 6.07 Å². The zero-order valence-electron chi connectivity index (χ0n) is 10.0. The molecule has 1 aromatic carbocycles. The molecular formula is C14H11Cl2FN2. The third-order valence-corrected chi connectivity index (χ3v) is 3.67. The van der Waals surface area contributed by atoms with E-state index in [0.29, 0.717) is 28.3 Å². The summed E-state index contributed by atoms with van der Waals surface area (Å²) in [5, 5.41) is 0.835. The molecule has 3 rings (SSSR count). The second-order valence-corrected chi connectivity index (χ2v) is 5.51. The lowest BCUT2D eigenvalue weighted by atomic mass is 10.1. The van der Waals surface area contributed by atoms with Gasteiger partial charge in [0.2, 0.25) is 0 Å². The predicted molar refractivity (Wildman–Crippen MR) is 73.2 cm³/mol. The molecule has 2 aromatic rings. The Morgan fingerprint density at radius 3 is 2.63 bits per heavy atom. The van der Waals surface area contributed by atoms with Crippen molar-refractivity contribution in [2.45, 2.75) is 25.2 Å². The van der Waals surface area contributed by atoms with Gasteiger partial charge in [0.05, 0.1) is 0 Å². The van der Waals surface area contributed by atoms with Crippen LogP contribution in [0.1, 0.15) is 35.8 Å². The molecule has 1 aliphatic carbocycles. The van der Waals surface area contributed by atoms with Gasteiger partial charge < -0.3 is 0 Å². The second kappa shape index (κ2) is 5.06. The maximum absolute atomic E-state index is 13.0. The molecule has 0 N–H and O–H groups in total.